The first kappa shape index (κ1) is 33.9. The predicted octanol–water partition coefficient (Wildman–Crippen LogP) is 1.53. The number of terminal acetylenes is 1. The third-order valence-electron chi connectivity index (χ3n) is 6.65. The molecule has 0 spiro atoms. The summed E-state index contributed by atoms with van der Waals surface area (Å²) in [7, 11) is 0. The lowest BCUT2D eigenvalue weighted by Crippen LogP contribution is -2.55. The molecule has 2 atom stereocenters. The van der Waals surface area contributed by atoms with Gasteiger partial charge in [0.05, 0.1) is 23.0 Å². The number of nitrogens with zero attached hydrogens (tertiary/aromatic N) is 3. The number of nitrogens with one attached hydrogen (secondary N) is 2. The maximum absolute atomic E-state index is 14.8. The van der Waals surface area contributed by atoms with Crippen molar-refractivity contribution in [1.29, 1.82) is 0 Å². The molecule has 45 heavy (non-hydrogen) atoms. The molecule has 0 unspecified atom stereocenters. The smallest absolute Gasteiger partial charge is 0.328 e. The number of carbonyl (C=O) groups excluding carboxylic acids is 2. The molecule has 3 rings (SSSR count). The van der Waals surface area contributed by atoms with Crippen LogP contribution in [-0.2, 0) is 25.7 Å². The van der Waals surface area contributed by atoms with Gasteiger partial charge in [-0.15, -0.1) is 6.42 Å². The Hall–Kier alpha value is -5.62. The van der Waals surface area contributed by atoms with Crippen molar-refractivity contribution >= 4 is 40.6 Å². The molecular weight excluding hydrogens is 593 g/mol. The first-order valence-corrected chi connectivity index (χ1v) is 13.5. The molecule has 2 amide bonds. The second-order valence-corrected chi connectivity index (χ2v) is 9.94. The quantitative estimate of drug-likeness (QED) is 0.121. The van der Waals surface area contributed by atoms with Crippen LogP contribution in [0.25, 0.3) is 10.9 Å². The normalized spacial score (nSPS) is 12.2. The summed E-state index contributed by atoms with van der Waals surface area (Å²) < 4.78 is 14.8. The number of aryl methyl sites for hydroxylation is 1. The van der Waals surface area contributed by atoms with E-state index < -0.39 is 84.4 Å². The highest BCUT2D eigenvalue weighted by molar-refractivity contribution is 5.96. The number of fused-ring (bicyclic) bond motifs is 1. The summed E-state index contributed by atoms with van der Waals surface area (Å²) >= 11 is 0. The number of carboxylic acids is 3. The lowest BCUT2D eigenvalue weighted by molar-refractivity contribution is -0.150. The predicted molar refractivity (Wildman–Crippen MR) is 156 cm³/mol. The molecule has 0 radical (unpaired) electrons. The van der Waals surface area contributed by atoms with Gasteiger partial charge in [-0.25, -0.2) is 24.0 Å². The Labute approximate surface area is 255 Å². The van der Waals surface area contributed by atoms with Crippen LogP contribution < -0.4 is 10.9 Å². The minimum absolute atomic E-state index is 0.216. The molecule has 0 saturated heterocycles. The second-order valence-electron chi connectivity index (χ2n) is 9.94. The van der Waals surface area contributed by atoms with E-state index in [1.807, 2.05) is 0 Å². The summed E-state index contributed by atoms with van der Waals surface area (Å²) in [6.07, 6.45) is 3.45. The van der Waals surface area contributed by atoms with Gasteiger partial charge in [0.1, 0.15) is 23.7 Å². The van der Waals surface area contributed by atoms with Crippen molar-refractivity contribution in [2.75, 3.05) is 6.54 Å². The van der Waals surface area contributed by atoms with Gasteiger partial charge in [-0.05, 0) is 49.6 Å². The minimum Gasteiger partial charge on any atom is -0.481 e. The first-order valence-electron chi connectivity index (χ1n) is 13.5. The Balaban J connectivity index is 1.99. The van der Waals surface area contributed by atoms with E-state index in [1.54, 1.807) is 19.1 Å². The standard InChI is InChI=1S/C30H30FN5O9/c1-3-14-35(16-18-8-9-22-20(15-18)27(40)33-17(2)32-22)36(28(41)19-6-4-5-7-21(19)31)24(30(44)45)11-12-25(37)34-23(29(42)43)10-13-26(38)39/h1,4-9,15,23-24H,10-14,16H2,2H3,(H,34,37)(H,38,39)(H,42,43)(H,44,45)(H,32,33,40)/t23-,24+/m1/s1. The molecule has 3 aromatic rings. The van der Waals surface area contributed by atoms with Gasteiger partial charge in [-0.2, -0.15) is 0 Å². The van der Waals surface area contributed by atoms with Crippen LogP contribution >= 0.6 is 0 Å². The molecule has 236 valence electrons. The van der Waals surface area contributed by atoms with Crippen LogP contribution in [0.1, 0.15) is 47.4 Å². The molecule has 0 aliphatic heterocycles. The van der Waals surface area contributed by atoms with Crippen LogP contribution in [0.15, 0.2) is 47.3 Å². The Kier molecular flexibility index (Phi) is 11.4. The zero-order valence-corrected chi connectivity index (χ0v) is 24.0. The lowest BCUT2D eigenvalue weighted by atomic mass is 10.1. The van der Waals surface area contributed by atoms with Gasteiger partial charge in [-0.1, -0.05) is 24.1 Å². The maximum atomic E-state index is 14.8. The summed E-state index contributed by atoms with van der Waals surface area (Å²) in [4.78, 5) is 80.8. The van der Waals surface area contributed by atoms with Gasteiger partial charge >= 0.3 is 17.9 Å². The number of aromatic amines is 1. The number of carboxylic acid groups (broad SMARTS) is 3. The third-order valence-corrected chi connectivity index (χ3v) is 6.65. The number of hydrogen-bond donors (Lipinski definition) is 5. The van der Waals surface area contributed by atoms with E-state index in [4.69, 9.17) is 11.5 Å². The van der Waals surface area contributed by atoms with Gasteiger partial charge in [0.25, 0.3) is 11.5 Å². The fraction of sp³-hybridized carbons (Fsp3) is 0.300. The molecule has 0 aliphatic carbocycles. The highest BCUT2D eigenvalue weighted by Crippen LogP contribution is 2.21. The highest BCUT2D eigenvalue weighted by atomic mass is 19.1. The van der Waals surface area contributed by atoms with Crippen molar-refractivity contribution in [2.45, 2.75) is 51.2 Å². The average molecular weight is 624 g/mol. The van der Waals surface area contributed by atoms with Gasteiger partial charge in [-0.3, -0.25) is 24.2 Å². The van der Waals surface area contributed by atoms with Gasteiger partial charge in [0.2, 0.25) is 5.91 Å². The molecule has 0 fully saturated rings. The van der Waals surface area contributed by atoms with E-state index in [9.17, 15) is 43.4 Å². The molecule has 1 aromatic heterocycles. The molecule has 0 saturated carbocycles. The zero-order chi connectivity index (χ0) is 33.3. The number of hydrogen-bond acceptors (Lipinski definition) is 8. The van der Waals surface area contributed by atoms with Crippen molar-refractivity contribution in [3.8, 4) is 12.3 Å². The largest absolute Gasteiger partial charge is 0.481 e. The Bertz CT molecular complexity index is 1720. The summed E-state index contributed by atoms with van der Waals surface area (Å²) in [5.74, 6) is -4.57. The number of amides is 2. The monoisotopic (exact) mass is 623 g/mol. The number of rotatable bonds is 15. The average Bonchev–Trinajstić information content (AvgIpc) is 2.97. The van der Waals surface area contributed by atoms with E-state index in [0.29, 0.717) is 16.9 Å². The molecule has 2 aromatic carbocycles. The lowest BCUT2D eigenvalue weighted by Gasteiger charge is -2.38. The topological polar surface area (TPSA) is 210 Å². The Morgan fingerprint density at radius 1 is 1.04 bits per heavy atom. The van der Waals surface area contributed by atoms with Crippen LogP contribution in [0, 0.1) is 25.1 Å². The van der Waals surface area contributed by atoms with E-state index in [1.165, 1.54) is 18.2 Å². The number of benzene rings is 2. The molecule has 0 bridgehead atoms. The van der Waals surface area contributed by atoms with E-state index in [0.717, 1.165) is 22.2 Å². The van der Waals surface area contributed by atoms with Gasteiger partial charge in [0.15, 0.2) is 0 Å². The van der Waals surface area contributed by atoms with Crippen molar-refractivity contribution < 1.29 is 43.7 Å². The Morgan fingerprint density at radius 3 is 2.38 bits per heavy atom. The van der Waals surface area contributed by atoms with E-state index >= 15 is 0 Å². The zero-order valence-electron chi connectivity index (χ0n) is 24.0. The van der Waals surface area contributed by atoms with Crippen molar-refractivity contribution in [3.05, 3.63) is 75.6 Å². The second kappa shape index (κ2) is 15.2. The minimum atomic E-state index is -1.80. The van der Waals surface area contributed by atoms with E-state index in [-0.39, 0.29) is 18.5 Å². The van der Waals surface area contributed by atoms with Crippen molar-refractivity contribution in [3.63, 3.8) is 0 Å². The van der Waals surface area contributed by atoms with Gasteiger partial charge < -0.3 is 25.6 Å². The summed E-state index contributed by atoms with van der Waals surface area (Å²) in [6, 6.07) is 6.15. The molecule has 1 heterocycles. The fourth-order valence-corrected chi connectivity index (χ4v) is 4.56. The first-order chi connectivity index (χ1) is 21.3. The molecule has 5 N–H and O–H groups in total. The molecule has 15 heteroatoms. The number of hydrazine groups is 1. The van der Waals surface area contributed by atoms with E-state index in [2.05, 4.69) is 21.2 Å². The van der Waals surface area contributed by atoms with Crippen LogP contribution in [0.5, 0.6) is 0 Å². The molecule has 14 nitrogen and oxygen atoms in total. The fourth-order valence-electron chi connectivity index (χ4n) is 4.56. The van der Waals surface area contributed by atoms with Gasteiger partial charge in [0, 0.05) is 19.4 Å². The summed E-state index contributed by atoms with van der Waals surface area (Å²) in [5, 5.41) is 32.7. The van der Waals surface area contributed by atoms with Crippen LogP contribution in [-0.4, -0.2) is 83.7 Å². The third kappa shape index (κ3) is 8.94. The molecular formula is C30H30FN5O9. The van der Waals surface area contributed by atoms with Crippen LogP contribution in [0.2, 0.25) is 0 Å². The number of carbonyl (C=O) groups is 5. The number of aliphatic carboxylic acids is 3. The summed E-state index contributed by atoms with van der Waals surface area (Å²) in [5.41, 5.74) is -0.103. The SMILES string of the molecule is C#CCN(Cc1ccc2nc(C)[nH]c(=O)c2c1)N(C(=O)c1ccccc1F)[C@@H](CCC(=O)N[C@H](CCC(=O)O)C(=O)O)C(=O)O. The number of halogens is 1. The van der Waals surface area contributed by atoms with Crippen LogP contribution in [0.4, 0.5) is 4.39 Å². The summed E-state index contributed by atoms with van der Waals surface area (Å²) in [6.45, 7) is 1.03. The highest BCUT2D eigenvalue weighted by Gasteiger charge is 2.36. The number of H-pyrrole nitrogens is 1. The maximum Gasteiger partial charge on any atom is 0.328 e. The van der Waals surface area contributed by atoms with Crippen molar-refractivity contribution in [1.82, 2.24) is 25.3 Å². The number of aromatic nitrogens is 2. The molecule has 0 aliphatic rings. The Morgan fingerprint density at radius 2 is 1.76 bits per heavy atom. The van der Waals surface area contributed by atoms with Crippen LogP contribution in [0.3, 0.4) is 0 Å². The van der Waals surface area contributed by atoms with Crippen molar-refractivity contribution in [2.24, 2.45) is 0 Å².